The van der Waals surface area contributed by atoms with E-state index in [1.165, 1.54) is 5.56 Å². The number of carbonyl (C=O) groups is 1. The first-order valence-electron chi connectivity index (χ1n) is 10.8. The van der Waals surface area contributed by atoms with Gasteiger partial charge in [-0.1, -0.05) is 29.3 Å². The minimum absolute atomic E-state index is 0.0158. The molecule has 2 aliphatic heterocycles. The van der Waals surface area contributed by atoms with Gasteiger partial charge in [0.15, 0.2) is 0 Å². The Hall–Kier alpha value is -2.83. The van der Waals surface area contributed by atoms with E-state index in [1.54, 1.807) is 12.3 Å². The monoisotopic (exact) mass is 465 g/mol. The van der Waals surface area contributed by atoms with Crippen molar-refractivity contribution in [3.63, 3.8) is 0 Å². The van der Waals surface area contributed by atoms with E-state index in [2.05, 4.69) is 4.98 Å². The van der Waals surface area contributed by atoms with Gasteiger partial charge in [0.1, 0.15) is 11.3 Å². The maximum absolute atomic E-state index is 13.7. The molecule has 2 atom stereocenters. The predicted molar refractivity (Wildman–Crippen MR) is 124 cm³/mol. The summed E-state index contributed by atoms with van der Waals surface area (Å²) < 4.78 is 3.77. The van der Waals surface area contributed by atoms with E-state index in [-0.39, 0.29) is 18.0 Å². The molecule has 6 rings (SSSR count). The van der Waals surface area contributed by atoms with Crippen LogP contribution in [0, 0.1) is 0 Å². The van der Waals surface area contributed by atoms with Gasteiger partial charge in [-0.15, -0.1) is 0 Å². The molecule has 2 aliphatic rings. The molecule has 1 amide bonds. The molecule has 0 spiro atoms. The fraction of sp³-hybridized carbons (Fsp3) is 0.292. The second kappa shape index (κ2) is 7.36. The highest BCUT2D eigenvalue weighted by Crippen LogP contribution is 2.45. The minimum Gasteiger partial charge on any atom is -0.325 e. The van der Waals surface area contributed by atoms with E-state index < -0.39 is 0 Å². The van der Waals surface area contributed by atoms with Gasteiger partial charge in [0.25, 0.3) is 5.91 Å². The Kier molecular flexibility index (Phi) is 4.56. The largest absolute Gasteiger partial charge is 0.325 e. The van der Waals surface area contributed by atoms with Crippen LogP contribution < -0.4 is 0 Å². The molecule has 1 aromatic carbocycles. The van der Waals surface area contributed by atoms with Crippen molar-refractivity contribution in [3.05, 3.63) is 75.8 Å². The number of pyridine rings is 1. The van der Waals surface area contributed by atoms with Gasteiger partial charge in [-0.25, -0.2) is 4.98 Å². The van der Waals surface area contributed by atoms with Crippen LogP contribution in [0.4, 0.5) is 0 Å². The number of carbonyl (C=O) groups excluding carboxylic acids is 1. The molecule has 0 unspecified atom stereocenters. The van der Waals surface area contributed by atoms with Gasteiger partial charge in [0.2, 0.25) is 0 Å². The van der Waals surface area contributed by atoms with Gasteiger partial charge in [-0.05, 0) is 56.0 Å². The maximum Gasteiger partial charge on any atom is 0.273 e. The number of fused-ring (bicyclic) bond motifs is 5. The number of halogens is 2. The molecule has 0 N–H and O–H groups in total. The topological polar surface area (TPSA) is 55.4 Å². The van der Waals surface area contributed by atoms with E-state index in [1.807, 2.05) is 57.6 Å². The van der Waals surface area contributed by atoms with Crippen LogP contribution in [0.1, 0.15) is 47.1 Å². The zero-order valence-corrected chi connectivity index (χ0v) is 19.0. The summed E-state index contributed by atoms with van der Waals surface area (Å²) in [4.78, 5) is 20.2. The summed E-state index contributed by atoms with van der Waals surface area (Å²) >= 11 is 12.6. The van der Waals surface area contributed by atoms with Crippen LogP contribution in [-0.2, 0) is 13.5 Å². The molecule has 1 saturated heterocycles. The standard InChI is InChI=1S/C24H21Cl2N5O/c1-29-23(14-9-15(25)11-16(26)10-14)18-12-17-5-4-6-19(22(18)28-29)31(17)24(32)20-13-27-21-7-2-3-8-30(20)21/h2-3,7-11,13,17,19H,4-6,12H2,1H3/t17-,19+/m0/s1. The third-order valence-corrected chi connectivity index (χ3v) is 7.12. The Labute approximate surface area is 195 Å². The average molecular weight is 466 g/mol. The van der Waals surface area contributed by atoms with Crippen LogP contribution in [0.3, 0.4) is 0 Å². The molecule has 0 aliphatic carbocycles. The molecule has 0 radical (unpaired) electrons. The zero-order valence-electron chi connectivity index (χ0n) is 17.5. The molecule has 2 bridgehead atoms. The number of amides is 1. The molecule has 4 aromatic rings. The molecular formula is C24H21Cl2N5O. The van der Waals surface area contributed by atoms with Crippen molar-refractivity contribution in [2.75, 3.05) is 0 Å². The van der Waals surface area contributed by atoms with E-state index >= 15 is 0 Å². The summed E-state index contributed by atoms with van der Waals surface area (Å²) in [5, 5.41) is 6.10. The maximum atomic E-state index is 13.7. The summed E-state index contributed by atoms with van der Waals surface area (Å²) in [5.41, 5.74) is 5.54. The quantitative estimate of drug-likeness (QED) is 0.401. The molecule has 1 fully saturated rings. The fourth-order valence-electron chi connectivity index (χ4n) is 5.42. The van der Waals surface area contributed by atoms with Crippen molar-refractivity contribution >= 4 is 34.8 Å². The van der Waals surface area contributed by atoms with Crippen LogP contribution >= 0.6 is 23.2 Å². The van der Waals surface area contributed by atoms with Crippen molar-refractivity contribution in [3.8, 4) is 11.3 Å². The molecule has 32 heavy (non-hydrogen) atoms. The van der Waals surface area contributed by atoms with E-state index in [9.17, 15) is 4.79 Å². The first kappa shape index (κ1) is 19.8. The van der Waals surface area contributed by atoms with Gasteiger partial charge in [-0.3, -0.25) is 13.9 Å². The number of benzene rings is 1. The van der Waals surface area contributed by atoms with Crippen LogP contribution in [0.2, 0.25) is 10.0 Å². The number of aromatic nitrogens is 4. The zero-order chi connectivity index (χ0) is 22.0. The lowest BCUT2D eigenvalue weighted by Crippen LogP contribution is -2.50. The normalized spacial score (nSPS) is 19.9. The van der Waals surface area contributed by atoms with Crippen molar-refractivity contribution in [1.82, 2.24) is 24.1 Å². The van der Waals surface area contributed by atoms with Gasteiger partial charge >= 0.3 is 0 Å². The average Bonchev–Trinajstić information content (AvgIpc) is 3.33. The van der Waals surface area contributed by atoms with Gasteiger partial charge in [-0.2, -0.15) is 5.10 Å². The van der Waals surface area contributed by atoms with Gasteiger partial charge < -0.3 is 4.90 Å². The Bertz CT molecular complexity index is 1350. The second-order valence-corrected chi connectivity index (χ2v) is 9.46. The lowest BCUT2D eigenvalue weighted by Gasteiger charge is -2.45. The van der Waals surface area contributed by atoms with Crippen LogP contribution in [0.25, 0.3) is 16.9 Å². The SMILES string of the molecule is Cn1nc2c(c1-c1cc(Cl)cc(Cl)c1)C[C@@H]1CCC[C@H]2N1C(=O)c1cnc2ccccn12. The number of imidazole rings is 1. The summed E-state index contributed by atoms with van der Waals surface area (Å²) in [7, 11) is 1.95. The molecule has 5 heterocycles. The van der Waals surface area contributed by atoms with E-state index in [4.69, 9.17) is 28.3 Å². The van der Waals surface area contributed by atoms with Crippen LogP contribution in [-0.4, -0.2) is 36.0 Å². The van der Waals surface area contributed by atoms with Crippen molar-refractivity contribution in [2.24, 2.45) is 7.05 Å². The number of hydrogen-bond donors (Lipinski definition) is 0. The smallest absolute Gasteiger partial charge is 0.273 e. The summed E-state index contributed by atoms with van der Waals surface area (Å²) in [5.74, 6) is 0.0158. The van der Waals surface area contributed by atoms with Gasteiger partial charge in [0.05, 0.1) is 23.6 Å². The van der Waals surface area contributed by atoms with Gasteiger partial charge in [0, 0.05) is 40.5 Å². The van der Waals surface area contributed by atoms with Crippen LogP contribution in [0.5, 0.6) is 0 Å². The number of nitrogens with zero attached hydrogens (tertiary/aromatic N) is 5. The van der Waals surface area contributed by atoms with Crippen LogP contribution in [0.15, 0.2) is 48.8 Å². The number of aryl methyl sites for hydroxylation is 1. The second-order valence-electron chi connectivity index (χ2n) is 8.58. The first-order chi connectivity index (χ1) is 15.5. The Morgan fingerprint density at radius 1 is 1.12 bits per heavy atom. The van der Waals surface area contributed by atoms with E-state index in [0.29, 0.717) is 15.7 Å². The molecular weight excluding hydrogens is 445 g/mol. The summed E-state index contributed by atoms with van der Waals surface area (Å²) in [6.45, 7) is 0. The molecule has 162 valence electrons. The van der Waals surface area contributed by atoms with Crippen molar-refractivity contribution in [1.29, 1.82) is 0 Å². The van der Waals surface area contributed by atoms with Crippen molar-refractivity contribution in [2.45, 2.75) is 37.8 Å². The third-order valence-electron chi connectivity index (χ3n) is 6.68. The molecule has 3 aromatic heterocycles. The Balaban J connectivity index is 1.45. The summed E-state index contributed by atoms with van der Waals surface area (Å²) in [6.07, 6.45) is 7.30. The van der Waals surface area contributed by atoms with E-state index in [0.717, 1.165) is 48.3 Å². The summed E-state index contributed by atoms with van der Waals surface area (Å²) in [6, 6.07) is 11.4. The Morgan fingerprint density at radius 3 is 2.75 bits per heavy atom. The number of rotatable bonds is 2. The highest BCUT2D eigenvalue weighted by atomic mass is 35.5. The number of hydrogen-bond acceptors (Lipinski definition) is 3. The Morgan fingerprint density at radius 2 is 1.94 bits per heavy atom. The van der Waals surface area contributed by atoms with Crippen molar-refractivity contribution < 1.29 is 4.79 Å². The molecule has 8 heteroatoms. The fourth-order valence-corrected chi connectivity index (χ4v) is 5.95. The lowest BCUT2D eigenvalue weighted by molar-refractivity contribution is 0.0385. The molecule has 0 saturated carbocycles. The predicted octanol–water partition coefficient (Wildman–Crippen LogP) is 5.33. The highest BCUT2D eigenvalue weighted by Gasteiger charge is 2.44. The molecule has 6 nitrogen and oxygen atoms in total. The lowest BCUT2D eigenvalue weighted by atomic mass is 9.81. The first-order valence-corrected chi connectivity index (χ1v) is 11.5. The third kappa shape index (κ3) is 2.97. The highest BCUT2D eigenvalue weighted by molar-refractivity contribution is 6.35. The number of piperidine rings is 1. The minimum atomic E-state index is -0.0473.